The van der Waals surface area contributed by atoms with Gasteiger partial charge in [-0.2, -0.15) is 0 Å². The van der Waals surface area contributed by atoms with Gasteiger partial charge in [-0.05, 0) is 50.5 Å². The number of ether oxygens (including phenoxy) is 1. The summed E-state index contributed by atoms with van der Waals surface area (Å²) in [5.41, 5.74) is -0.103. The van der Waals surface area contributed by atoms with E-state index in [9.17, 15) is 14.4 Å². The summed E-state index contributed by atoms with van der Waals surface area (Å²) in [6.07, 6.45) is 2.09. The lowest BCUT2D eigenvalue weighted by molar-refractivity contribution is -0.143. The van der Waals surface area contributed by atoms with Gasteiger partial charge in [-0.25, -0.2) is 0 Å². The molecule has 1 saturated carbocycles. The first kappa shape index (κ1) is 17.0. The van der Waals surface area contributed by atoms with E-state index in [0.29, 0.717) is 43.6 Å². The zero-order valence-corrected chi connectivity index (χ0v) is 13.1. The monoisotopic (exact) mass is 319 g/mol. The number of ketones is 1. The van der Waals surface area contributed by atoms with Gasteiger partial charge in [0.1, 0.15) is 5.75 Å². The Kier molecular flexibility index (Phi) is 5.36. The molecule has 6 nitrogen and oxygen atoms in total. The van der Waals surface area contributed by atoms with Gasteiger partial charge in [-0.3, -0.25) is 14.4 Å². The van der Waals surface area contributed by atoms with Crippen LogP contribution < -0.4 is 10.1 Å². The zero-order chi connectivity index (χ0) is 16.9. The zero-order valence-electron chi connectivity index (χ0n) is 13.1. The van der Waals surface area contributed by atoms with Crippen molar-refractivity contribution in [3.05, 3.63) is 29.8 Å². The number of carboxylic acid groups (broad SMARTS) is 1. The maximum absolute atomic E-state index is 11.7. The highest BCUT2D eigenvalue weighted by molar-refractivity contribution is 5.94. The van der Waals surface area contributed by atoms with Crippen molar-refractivity contribution >= 4 is 17.7 Å². The number of benzene rings is 1. The van der Waals surface area contributed by atoms with Crippen molar-refractivity contribution in [1.82, 2.24) is 5.32 Å². The lowest BCUT2D eigenvalue weighted by Crippen LogP contribution is -2.34. The molecule has 0 atom stereocenters. The van der Waals surface area contributed by atoms with Crippen molar-refractivity contribution in [3.63, 3.8) is 0 Å². The van der Waals surface area contributed by atoms with Crippen LogP contribution in [-0.4, -0.2) is 35.9 Å². The number of carbonyl (C=O) groups excluding carboxylic acids is 2. The van der Waals surface area contributed by atoms with E-state index in [1.807, 2.05) is 0 Å². The van der Waals surface area contributed by atoms with Crippen molar-refractivity contribution in [2.45, 2.75) is 32.6 Å². The molecule has 0 unspecified atom stereocenters. The van der Waals surface area contributed by atoms with Gasteiger partial charge in [0, 0.05) is 18.5 Å². The van der Waals surface area contributed by atoms with Gasteiger partial charge in [0.15, 0.2) is 5.78 Å². The van der Waals surface area contributed by atoms with E-state index in [2.05, 4.69) is 5.32 Å². The molecule has 0 saturated heterocycles. The Morgan fingerprint density at radius 2 is 1.87 bits per heavy atom. The molecule has 124 valence electrons. The first-order valence-electron chi connectivity index (χ1n) is 7.67. The molecule has 0 spiro atoms. The molecule has 0 radical (unpaired) electrons. The Hall–Kier alpha value is -2.37. The van der Waals surface area contributed by atoms with Gasteiger partial charge in [0.05, 0.1) is 12.0 Å². The maximum atomic E-state index is 11.7. The number of nitrogens with one attached hydrogen (secondary N) is 1. The lowest BCUT2D eigenvalue weighted by atomic mass is 10.1. The number of amides is 1. The number of aliphatic carboxylic acids is 1. The highest BCUT2D eigenvalue weighted by atomic mass is 16.5. The molecule has 0 bridgehead atoms. The molecule has 2 N–H and O–H groups in total. The molecule has 1 amide bonds. The molecule has 1 aliphatic carbocycles. The Bertz CT molecular complexity index is 590. The van der Waals surface area contributed by atoms with E-state index >= 15 is 0 Å². The average molecular weight is 319 g/mol. The van der Waals surface area contributed by atoms with Crippen LogP contribution in [0.3, 0.4) is 0 Å². The highest BCUT2D eigenvalue weighted by Crippen LogP contribution is 2.45. The second-order valence-electron chi connectivity index (χ2n) is 5.89. The first-order chi connectivity index (χ1) is 10.9. The van der Waals surface area contributed by atoms with Crippen LogP contribution in [-0.2, 0) is 9.59 Å². The SMILES string of the molecule is CC(=O)c1ccc(OCCCC(=O)NCC2(C(=O)O)CC2)cc1. The largest absolute Gasteiger partial charge is 0.494 e. The number of rotatable bonds is 9. The molecular weight excluding hydrogens is 298 g/mol. The minimum atomic E-state index is -0.838. The van der Waals surface area contributed by atoms with Crippen LogP contribution in [0.4, 0.5) is 0 Å². The summed E-state index contributed by atoms with van der Waals surface area (Å²) in [7, 11) is 0. The Balaban J connectivity index is 1.62. The summed E-state index contributed by atoms with van der Waals surface area (Å²) < 4.78 is 5.50. The van der Waals surface area contributed by atoms with Crippen molar-refractivity contribution in [1.29, 1.82) is 0 Å². The van der Waals surface area contributed by atoms with Gasteiger partial charge in [0.25, 0.3) is 0 Å². The molecule has 23 heavy (non-hydrogen) atoms. The van der Waals surface area contributed by atoms with Crippen molar-refractivity contribution in [2.24, 2.45) is 5.41 Å². The van der Waals surface area contributed by atoms with Crippen LogP contribution in [0.2, 0.25) is 0 Å². The smallest absolute Gasteiger partial charge is 0.311 e. The summed E-state index contributed by atoms with van der Waals surface area (Å²) in [5.74, 6) is -0.343. The van der Waals surface area contributed by atoms with E-state index < -0.39 is 11.4 Å². The summed E-state index contributed by atoms with van der Waals surface area (Å²) in [6, 6.07) is 6.84. The molecule has 1 aromatic carbocycles. The Morgan fingerprint density at radius 1 is 1.22 bits per heavy atom. The van der Waals surface area contributed by atoms with Crippen molar-refractivity contribution < 1.29 is 24.2 Å². The van der Waals surface area contributed by atoms with Crippen molar-refractivity contribution in [3.8, 4) is 5.75 Å². The summed E-state index contributed by atoms with van der Waals surface area (Å²) >= 11 is 0. The van der Waals surface area contributed by atoms with E-state index in [1.165, 1.54) is 6.92 Å². The standard InChI is InChI=1S/C17H21NO5/c1-12(19)13-4-6-14(7-5-13)23-10-2-3-15(20)18-11-17(8-9-17)16(21)22/h4-7H,2-3,8-11H2,1H3,(H,18,20)(H,21,22). The Labute approximate surface area is 134 Å². The molecular formula is C17H21NO5. The predicted molar refractivity (Wildman–Crippen MR) is 83.5 cm³/mol. The van der Waals surface area contributed by atoms with Crippen LogP contribution in [0, 0.1) is 5.41 Å². The molecule has 0 aliphatic heterocycles. The van der Waals surface area contributed by atoms with Gasteiger partial charge in [0.2, 0.25) is 5.91 Å². The summed E-state index contributed by atoms with van der Waals surface area (Å²) in [4.78, 5) is 33.8. The molecule has 0 aromatic heterocycles. The van der Waals surface area contributed by atoms with E-state index in [0.717, 1.165) is 0 Å². The normalized spacial score (nSPS) is 14.8. The minimum absolute atomic E-state index is 0.00279. The average Bonchev–Trinajstić information content (AvgIpc) is 3.31. The number of carbonyl (C=O) groups is 3. The van der Waals surface area contributed by atoms with Crippen LogP contribution >= 0.6 is 0 Å². The Morgan fingerprint density at radius 3 is 2.39 bits per heavy atom. The third kappa shape index (κ3) is 4.81. The molecule has 0 heterocycles. The van der Waals surface area contributed by atoms with E-state index in [4.69, 9.17) is 9.84 Å². The van der Waals surface area contributed by atoms with Gasteiger partial charge >= 0.3 is 5.97 Å². The fraction of sp³-hybridized carbons (Fsp3) is 0.471. The molecule has 6 heteroatoms. The summed E-state index contributed by atoms with van der Waals surface area (Å²) in [5, 5.41) is 11.7. The topological polar surface area (TPSA) is 92.7 Å². The second kappa shape index (κ2) is 7.26. The molecule has 1 fully saturated rings. The van der Waals surface area contributed by atoms with Crippen LogP contribution in [0.5, 0.6) is 5.75 Å². The minimum Gasteiger partial charge on any atom is -0.494 e. The third-order valence-electron chi connectivity index (χ3n) is 4.01. The third-order valence-corrected chi connectivity index (χ3v) is 4.01. The van der Waals surface area contributed by atoms with Crippen LogP contribution in [0.25, 0.3) is 0 Å². The fourth-order valence-electron chi connectivity index (χ4n) is 2.18. The van der Waals surface area contributed by atoms with Crippen molar-refractivity contribution in [2.75, 3.05) is 13.2 Å². The molecule has 2 rings (SSSR count). The van der Waals surface area contributed by atoms with E-state index in [-0.39, 0.29) is 18.2 Å². The maximum Gasteiger partial charge on any atom is 0.311 e. The highest BCUT2D eigenvalue weighted by Gasteiger charge is 2.50. The number of carboxylic acids is 1. The van der Waals surface area contributed by atoms with Gasteiger partial charge in [-0.1, -0.05) is 0 Å². The van der Waals surface area contributed by atoms with Gasteiger partial charge in [-0.15, -0.1) is 0 Å². The molecule has 1 aliphatic rings. The quantitative estimate of drug-likeness (QED) is 0.536. The number of Topliss-reactive ketones (excluding diaryl/α,β-unsaturated/α-hetero) is 1. The van der Waals surface area contributed by atoms with E-state index in [1.54, 1.807) is 24.3 Å². The molecule has 1 aromatic rings. The number of hydrogen-bond acceptors (Lipinski definition) is 4. The fourth-order valence-corrected chi connectivity index (χ4v) is 2.18. The van der Waals surface area contributed by atoms with Crippen LogP contribution in [0.15, 0.2) is 24.3 Å². The summed E-state index contributed by atoms with van der Waals surface area (Å²) in [6.45, 7) is 2.09. The second-order valence-corrected chi connectivity index (χ2v) is 5.89. The lowest BCUT2D eigenvalue weighted by Gasteiger charge is -2.11. The first-order valence-corrected chi connectivity index (χ1v) is 7.67. The predicted octanol–water partition coefficient (Wildman–Crippen LogP) is 2.03. The number of hydrogen-bond donors (Lipinski definition) is 2. The van der Waals surface area contributed by atoms with Gasteiger partial charge < -0.3 is 15.2 Å². The van der Waals surface area contributed by atoms with Crippen LogP contribution in [0.1, 0.15) is 43.0 Å².